The van der Waals surface area contributed by atoms with E-state index in [0.717, 1.165) is 11.5 Å². The van der Waals surface area contributed by atoms with Gasteiger partial charge in [-0.3, -0.25) is 0 Å². The third kappa shape index (κ3) is 1.45. The van der Waals surface area contributed by atoms with Gasteiger partial charge in [-0.1, -0.05) is 12.1 Å². The van der Waals surface area contributed by atoms with Crippen molar-refractivity contribution in [3.63, 3.8) is 0 Å². The molecule has 1 N–H and O–H groups in total. The second kappa shape index (κ2) is 2.81. The zero-order valence-electron chi connectivity index (χ0n) is 7.03. The summed E-state index contributed by atoms with van der Waals surface area (Å²) in [4.78, 5) is 0. The van der Waals surface area contributed by atoms with Gasteiger partial charge in [-0.2, -0.15) is 0 Å². The van der Waals surface area contributed by atoms with Crippen LogP contribution in [0.25, 0.3) is 0 Å². The normalized spacial score (nSPS) is 19.1. The van der Waals surface area contributed by atoms with Crippen molar-refractivity contribution in [1.29, 1.82) is 0 Å². The maximum Gasteiger partial charge on any atom is 0.115 e. The molecule has 0 saturated heterocycles. The highest BCUT2D eigenvalue weighted by Crippen LogP contribution is 2.42. The molecule has 0 bridgehead atoms. The molecule has 2 rings (SSSR count). The van der Waals surface area contributed by atoms with E-state index in [1.54, 1.807) is 6.07 Å². The van der Waals surface area contributed by atoms with Crippen molar-refractivity contribution in [1.82, 2.24) is 0 Å². The SMILES string of the molecule is [CH2][C@H](c1cccc(O)c1)C1CC1. The molecule has 0 heterocycles. The van der Waals surface area contributed by atoms with E-state index < -0.39 is 0 Å². The van der Waals surface area contributed by atoms with Gasteiger partial charge in [-0.25, -0.2) is 0 Å². The molecule has 0 amide bonds. The Labute approximate surface area is 73.0 Å². The molecule has 1 atom stereocenters. The first kappa shape index (κ1) is 7.66. The molecule has 1 aliphatic carbocycles. The number of phenols is 1. The summed E-state index contributed by atoms with van der Waals surface area (Å²) in [5, 5.41) is 9.24. The third-order valence-electron chi connectivity index (χ3n) is 2.49. The Hall–Kier alpha value is -0.980. The van der Waals surface area contributed by atoms with Crippen LogP contribution in [0.4, 0.5) is 0 Å². The first-order valence-electron chi connectivity index (χ1n) is 4.39. The smallest absolute Gasteiger partial charge is 0.115 e. The quantitative estimate of drug-likeness (QED) is 0.707. The Balaban J connectivity index is 2.20. The Kier molecular flexibility index (Phi) is 1.80. The zero-order chi connectivity index (χ0) is 8.55. The predicted molar refractivity (Wildman–Crippen MR) is 48.9 cm³/mol. The summed E-state index contributed by atoms with van der Waals surface area (Å²) in [6.07, 6.45) is 2.59. The molecule has 0 spiro atoms. The highest BCUT2D eigenvalue weighted by molar-refractivity contribution is 5.31. The first-order valence-corrected chi connectivity index (χ1v) is 4.39. The van der Waals surface area contributed by atoms with Gasteiger partial charge in [0.25, 0.3) is 0 Å². The van der Waals surface area contributed by atoms with Crippen LogP contribution in [0.15, 0.2) is 24.3 Å². The standard InChI is InChI=1S/C11H13O/c1-8(9-5-6-9)10-3-2-4-11(12)7-10/h2-4,7-9,12H,1,5-6H2/t8-/m0/s1. The van der Waals surface area contributed by atoms with E-state index >= 15 is 0 Å². The topological polar surface area (TPSA) is 20.2 Å². The number of hydrogen-bond donors (Lipinski definition) is 1. The Morgan fingerprint density at radius 1 is 1.42 bits per heavy atom. The minimum atomic E-state index is 0.349. The lowest BCUT2D eigenvalue weighted by Gasteiger charge is -2.09. The van der Waals surface area contributed by atoms with Crippen molar-refractivity contribution in [2.75, 3.05) is 0 Å². The average Bonchev–Trinajstić information content (AvgIpc) is 2.85. The van der Waals surface area contributed by atoms with Crippen molar-refractivity contribution in [2.24, 2.45) is 5.92 Å². The molecule has 0 unspecified atom stereocenters. The molecule has 1 saturated carbocycles. The number of aromatic hydroxyl groups is 1. The Bertz CT molecular complexity index is 276. The Morgan fingerprint density at radius 2 is 2.17 bits per heavy atom. The first-order chi connectivity index (χ1) is 5.77. The number of benzene rings is 1. The fraction of sp³-hybridized carbons (Fsp3) is 0.364. The highest BCUT2D eigenvalue weighted by atomic mass is 16.3. The lowest BCUT2D eigenvalue weighted by Crippen LogP contribution is -1.94. The molecule has 0 aliphatic heterocycles. The summed E-state index contributed by atoms with van der Waals surface area (Å²) in [5.41, 5.74) is 1.16. The molecule has 63 valence electrons. The van der Waals surface area contributed by atoms with Crippen LogP contribution < -0.4 is 0 Å². The average molecular weight is 161 g/mol. The van der Waals surface area contributed by atoms with Gasteiger partial charge in [0.05, 0.1) is 0 Å². The van der Waals surface area contributed by atoms with Crippen LogP contribution in [0.3, 0.4) is 0 Å². The van der Waals surface area contributed by atoms with Gasteiger partial charge < -0.3 is 5.11 Å². The summed E-state index contributed by atoms with van der Waals surface area (Å²) in [6.45, 7) is 4.10. The van der Waals surface area contributed by atoms with Crippen LogP contribution in [-0.4, -0.2) is 5.11 Å². The van der Waals surface area contributed by atoms with Crippen LogP contribution in [0, 0.1) is 12.8 Å². The lowest BCUT2D eigenvalue weighted by atomic mass is 9.96. The molecule has 0 aromatic heterocycles. The number of rotatable bonds is 2. The van der Waals surface area contributed by atoms with Crippen LogP contribution in [-0.2, 0) is 0 Å². The molecule has 1 fully saturated rings. The minimum Gasteiger partial charge on any atom is -0.508 e. The second-order valence-electron chi connectivity index (χ2n) is 3.54. The predicted octanol–water partition coefficient (Wildman–Crippen LogP) is 2.72. The monoisotopic (exact) mass is 161 g/mol. The summed E-state index contributed by atoms with van der Waals surface area (Å²) < 4.78 is 0. The van der Waals surface area contributed by atoms with E-state index in [0.29, 0.717) is 11.7 Å². The fourth-order valence-electron chi connectivity index (χ4n) is 1.53. The van der Waals surface area contributed by atoms with Gasteiger partial charge in [0.1, 0.15) is 5.75 Å². The molecular weight excluding hydrogens is 148 g/mol. The molecule has 1 nitrogen and oxygen atoms in total. The third-order valence-corrected chi connectivity index (χ3v) is 2.49. The summed E-state index contributed by atoms with van der Waals surface area (Å²) in [7, 11) is 0. The largest absolute Gasteiger partial charge is 0.508 e. The fourth-order valence-corrected chi connectivity index (χ4v) is 1.53. The molecule has 1 aromatic carbocycles. The van der Waals surface area contributed by atoms with Crippen molar-refractivity contribution in [2.45, 2.75) is 18.8 Å². The van der Waals surface area contributed by atoms with E-state index in [9.17, 15) is 5.11 Å². The minimum absolute atomic E-state index is 0.349. The van der Waals surface area contributed by atoms with Crippen molar-refractivity contribution < 1.29 is 5.11 Å². The molecule has 12 heavy (non-hydrogen) atoms. The van der Waals surface area contributed by atoms with Gasteiger partial charge in [-0.15, -0.1) is 0 Å². The molecule has 1 aromatic rings. The van der Waals surface area contributed by atoms with Gasteiger partial charge in [-0.05, 0) is 49.3 Å². The molecular formula is C11H13O. The lowest BCUT2D eigenvalue weighted by molar-refractivity contribution is 0.474. The van der Waals surface area contributed by atoms with Crippen LogP contribution in [0.5, 0.6) is 5.75 Å². The van der Waals surface area contributed by atoms with Crippen LogP contribution in [0.1, 0.15) is 24.3 Å². The van der Waals surface area contributed by atoms with Gasteiger partial charge in [0.2, 0.25) is 0 Å². The summed E-state index contributed by atoms with van der Waals surface area (Å²) in [6, 6.07) is 7.43. The van der Waals surface area contributed by atoms with Crippen LogP contribution in [0.2, 0.25) is 0 Å². The van der Waals surface area contributed by atoms with E-state index in [4.69, 9.17) is 0 Å². The Morgan fingerprint density at radius 3 is 2.75 bits per heavy atom. The number of phenolic OH excluding ortho intramolecular Hbond substituents is 1. The van der Waals surface area contributed by atoms with Crippen molar-refractivity contribution in [3.05, 3.63) is 36.8 Å². The highest BCUT2D eigenvalue weighted by Gasteiger charge is 2.28. The van der Waals surface area contributed by atoms with Gasteiger partial charge in [0, 0.05) is 0 Å². The van der Waals surface area contributed by atoms with Crippen LogP contribution >= 0.6 is 0 Å². The molecule has 1 aliphatic rings. The van der Waals surface area contributed by atoms with E-state index in [2.05, 4.69) is 6.92 Å². The summed E-state index contributed by atoms with van der Waals surface area (Å²) in [5.74, 6) is 1.48. The maximum atomic E-state index is 9.24. The number of hydrogen-bond acceptors (Lipinski definition) is 1. The zero-order valence-corrected chi connectivity index (χ0v) is 7.03. The maximum absolute atomic E-state index is 9.24. The van der Waals surface area contributed by atoms with Gasteiger partial charge in [0.15, 0.2) is 0 Å². The summed E-state index contributed by atoms with van der Waals surface area (Å²) >= 11 is 0. The second-order valence-corrected chi connectivity index (χ2v) is 3.54. The van der Waals surface area contributed by atoms with E-state index in [1.807, 2.05) is 18.2 Å². The van der Waals surface area contributed by atoms with Gasteiger partial charge >= 0.3 is 0 Å². The van der Waals surface area contributed by atoms with E-state index in [-0.39, 0.29) is 0 Å². The molecule has 1 radical (unpaired) electrons. The van der Waals surface area contributed by atoms with Crippen molar-refractivity contribution in [3.8, 4) is 5.75 Å². The molecule has 1 heteroatoms. The van der Waals surface area contributed by atoms with E-state index in [1.165, 1.54) is 12.8 Å². The van der Waals surface area contributed by atoms with Crippen molar-refractivity contribution >= 4 is 0 Å².